The van der Waals surface area contributed by atoms with Crippen molar-refractivity contribution in [3.05, 3.63) is 47.0 Å². The lowest BCUT2D eigenvalue weighted by Crippen LogP contribution is -2.12. The molecule has 0 saturated heterocycles. The molecule has 1 aliphatic carbocycles. The molecule has 0 bridgehead atoms. The summed E-state index contributed by atoms with van der Waals surface area (Å²) in [5, 5.41) is 5.06. The first kappa shape index (κ1) is 16.1. The van der Waals surface area contributed by atoms with Gasteiger partial charge in [-0.2, -0.15) is 5.10 Å². The molecule has 0 atom stereocenters. The van der Waals surface area contributed by atoms with E-state index in [9.17, 15) is 0 Å². The minimum Gasteiger partial charge on any atom is -0.488 e. The number of nitrogens with zero attached hydrogens (tertiary/aromatic N) is 3. The minimum absolute atomic E-state index is 0.592. The molecule has 2 aromatic rings. The first-order chi connectivity index (χ1) is 11.3. The van der Waals surface area contributed by atoms with E-state index in [-0.39, 0.29) is 0 Å². The third kappa shape index (κ3) is 3.94. The van der Waals surface area contributed by atoms with Crippen molar-refractivity contribution < 1.29 is 4.74 Å². The van der Waals surface area contributed by atoms with Crippen molar-refractivity contribution in [2.75, 3.05) is 6.61 Å². The molecule has 0 aliphatic heterocycles. The fourth-order valence-electron chi connectivity index (χ4n) is 3.06. The van der Waals surface area contributed by atoms with E-state index in [1.54, 1.807) is 18.5 Å². The van der Waals surface area contributed by atoms with Gasteiger partial charge in [0.2, 0.25) is 0 Å². The maximum atomic E-state index is 5.97. The molecule has 0 spiro atoms. The molecule has 23 heavy (non-hydrogen) atoms. The van der Waals surface area contributed by atoms with Gasteiger partial charge in [-0.25, -0.2) is 0 Å². The number of rotatable bonds is 6. The number of aryl methyl sites for hydroxylation is 1. The Balaban J connectivity index is 1.81. The van der Waals surface area contributed by atoms with E-state index >= 15 is 0 Å². The lowest BCUT2D eigenvalue weighted by Gasteiger charge is -2.21. The number of allylic oxidation sites excluding steroid dienone is 1. The summed E-state index contributed by atoms with van der Waals surface area (Å²) < 4.78 is 8.03. The largest absolute Gasteiger partial charge is 0.488 e. The summed E-state index contributed by atoms with van der Waals surface area (Å²) in [6.07, 6.45) is 10.9. The molecule has 2 aromatic heterocycles. The van der Waals surface area contributed by atoms with Crippen molar-refractivity contribution in [3.8, 4) is 5.75 Å². The average molecular weight is 332 g/mol. The summed E-state index contributed by atoms with van der Waals surface area (Å²) >= 11 is 5.97. The number of aromatic nitrogens is 3. The molecule has 3 rings (SSSR count). The van der Waals surface area contributed by atoms with Crippen molar-refractivity contribution in [2.45, 2.75) is 45.6 Å². The third-order valence-electron chi connectivity index (χ3n) is 4.14. The quantitative estimate of drug-likeness (QED) is 0.767. The summed E-state index contributed by atoms with van der Waals surface area (Å²) in [6.45, 7) is 3.73. The highest BCUT2D eigenvalue weighted by Gasteiger charge is 2.18. The van der Waals surface area contributed by atoms with Gasteiger partial charge in [-0.3, -0.25) is 9.67 Å². The van der Waals surface area contributed by atoms with Crippen LogP contribution < -0.4 is 4.74 Å². The molecule has 0 radical (unpaired) electrons. The molecule has 0 fully saturated rings. The molecule has 4 nitrogen and oxygen atoms in total. The summed E-state index contributed by atoms with van der Waals surface area (Å²) in [5.74, 6) is 0.719. The normalized spacial score (nSPS) is 15.0. The van der Waals surface area contributed by atoms with Crippen molar-refractivity contribution in [1.29, 1.82) is 0 Å². The van der Waals surface area contributed by atoms with Gasteiger partial charge in [0.05, 0.1) is 16.9 Å². The number of hydrogen-bond donors (Lipinski definition) is 0. The van der Waals surface area contributed by atoms with Crippen molar-refractivity contribution >= 4 is 17.2 Å². The Morgan fingerprint density at radius 3 is 2.96 bits per heavy atom. The molecule has 0 saturated carbocycles. The van der Waals surface area contributed by atoms with Crippen LogP contribution in [-0.2, 0) is 6.54 Å². The predicted molar refractivity (Wildman–Crippen MR) is 92.6 cm³/mol. The highest BCUT2D eigenvalue weighted by atomic mass is 35.5. The maximum Gasteiger partial charge on any atom is 0.139 e. The van der Waals surface area contributed by atoms with Crippen molar-refractivity contribution in [2.24, 2.45) is 0 Å². The zero-order valence-electron chi connectivity index (χ0n) is 13.5. The van der Waals surface area contributed by atoms with Crippen LogP contribution >= 0.6 is 11.6 Å². The smallest absolute Gasteiger partial charge is 0.139 e. The van der Waals surface area contributed by atoms with E-state index in [1.165, 1.54) is 29.7 Å². The molecular formula is C18H22ClN3O. The zero-order chi connectivity index (χ0) is 16.1. The van der Waals surface area contributed by atoms with E-state index in [1.807, 2.05) is 6.20 Å². The molecule has 1 aliphatic rings. The van der Waals surface area contributed by atoms with Gasteiger partial charge >= 0.3 is 0 Å². The summed E-state index contributed by atoms with van der Waals surface area (Å²) in [6, 6.07) is 3.93. The Morgan fingerprint density at radius 2 is 2.13 bits per heavy atom. The van der Waals surface area contributed by atoms with E-state index in [0.717, 1.165) is 31.6 Å². The third-order valence-corrected chi connectivity index (χ3v) is 4.34. The van der Waals surface area contributed by atoms with Crippen LogP contribution in [-0.4, -0.2) is 21.4 Å². The first-order valence-corrected chi connectivity index (χ1v) is 8.62. The van der Waals surface area contributed by atoms with Gasteiger partial charge in [0, 0.05) is 25.0 Å². The molecule has 5 heteroatoms. The van der Waals surface area contributed by atoms with Crippen LogP contribution in [0.15, 0.2) is 36.3 Å². The fraction of sp³-hybridized carbons (Fsp3) is 0.444. The Hall–Kier alpha value is -1.81. The number of ether oxygens (including phenoxy) is 1. The van der Waals surface area contributed by atoms with E-state index in [0.29, 0.717) is 11.6 Å². The van der Waals surface area contributed by atoms with Gasteiger partial charge < -0.3 is 4.74 Å². The van der Waals surface area contributed by atoms with Crippen LogP contribution in [0.1, 0.15) is 44.7 Å². The molecular weight excluding hydrogens is 310 g/mol. The van der Waals surface area contributed by atoms with Crippen molar-refractivity contribution in [3.63, 3.8) is 0 Å². The van der Waals surface area contributed by atoms with Gasteiger partial charge in [-0.15, -0.1) is 0 Å². The van der Waals surface area contributed by atoms with Gasteiger partial charge in [-0.05, 0) is 49.3 Å². The van der Waals surface area contributed by atoms with Crippen LogP contribution in [0.4, 0.5) is 0 Å². The van der Waals surface area contributed by atoms with Gasteiger partial charge in [0.15, 0.2) is 0 Å². The Morgan fingerprint density at radius 1 is 1.26 bits per heavy atom. The second kappa shape index (κ2) is 7.64. The van der Waals surface area contributed by atoms with Crippen LogP contribution in [0.25, 0.3) is 5.57 Å². The maximum absolute atomic E-state index is 5.97. The molecule has 0 N–H and O–H groups in total. The fourth-order valence-corrected chi connectivity index (χ4v) is 3.22. The van der Waals surface area contributed by atoms with Crippen molar-refractivity contribution in [1.82, 2.24) is 14.8 Å². The van der Waals surface area contributed by atoms with Crippen LogP contribution in [0, 0.1) is 0 Å². The predicted octanol–water partition coefficient (Wildman–Crippen LogP) is 4.75. The second-order valence-corrected chi connectivity index (χ2v) is 6.29. The Kier molecular flexibility index (Phi) is 5.34. The molecule has 0 aromatic carbocycles. The number of pyridine rings is 1. The van der Waals surface area contributed by atoms with E-state index in [2.05, 4.69) is 27.8 Å². The highest BCUT2D eigenvalue weighted by Crippen LogP contribution is 2.32. The summed E-state index contributed by atoms with van der Waals surface area (Å²) in [5.41, 5.74) is 4.01. The van der Waals surface area contributed by atoms with Crippen LogP contribution in [0.2, 0.25) is 5.02 Å². The van der Waals surface area contributed by atoms with Gasteiger partial charge in [0.1, 0.15) is 12.4 Å². The lowest BCUT2D eigenvalue weighted by atomic mass is 9.90. The highest BCUT2D eigenvalue weighted by molar-refractivity contribution is 6.30. The Bertz CT molecular complexity index is 693. The number of hydrogen-bond acceptors (Lipinski definition) is 3. The molecule has 122 valence electrons. The molecule has 2 heterocycles. The SMILES string of the molecule is CCCn1nccc1C1=C(COc2cncc(Cl)c2)CCCC1. The minimum atomic E-state index is 0.592. The van der Waals surface area contributed by atoms with Gasteiger partial charge in [0.25, 0.3) is 0 Å². The monoisotopic (exact) mass is 331 g/mol. The van der Waals surface area contributed by atoms with Crippen LogP contribution in [0.3, 0.4) is 0 Å². The molecule has 0 amide bonds. The molecule has 0 unspecified atom stereocenters. The lowest BCUT2D eigenvalue weighted by molar-refractivity contribution is 0.343. The summed E-state index contributed by atoms with van der Waals surface area (Å²) in [4.78, 5) is 4.07. The van der Waals surface area contributed by atoms with E-state index in [4.69, 9.17) is 16.3 Å². The van der Waals surface area contributed by atoms with Gasteiger partial charge in [-0.1, -0.05) is 18.5 Å². The standard InChI is InChI=1S/C18H22ClN3O/c1-2-9-22-18(7-8-21-22)17-6-4-3-5-14(17)13-23-16-10-15(19)11-20-12-16/h7-8,10-12H,2-6,9,13H2,1H3. The second-order valence-electron chi connectivity index (χ2n) is 5.86. The topological polar surface area (TPSA) is 39.9 Å². The van der Waals surface area contributed by atoms with Crippen LogP contribution in [0.5, 0.6) is 5.75 Å². The van der Waals surface area contributed by atoms with E-state index < -0.39 is 0 Å². The summed E-state index contributed by atoms with van der Waals surface area (Å²) in [7, 11) is 0. The average Bonchev–Trinajstić information content (AvgIpc) is 3.02. The first-order valence-electron chi connectivity index (χ1n) is 8.24. The number of halogens is 1. The zero-order valence-corrected chi connectivity index (χ0v) is 14.2. The Labute approximate surface area is 142 Å².